The Labute approximate surface area is 161 Å². The molecule has 0 saturated carbocycles. The average molecular weight is 371 g/mol. The van der Waals surface area contributed by atoms with Gasteiger partial charge in [-0.25, -0.2) is 4.98 Å². The van der Waals surface area contributed by atoms with Crippen LogP contribution in [0.2, 0.25) is 0 Å². The molecule has 0 aliphatic carbocycles. The number of carbonyl (C=O) groups is 1. The van der Waals surface area contributed by atoms with Crippen LogP contribution in [-0.4, -0.2) is 27.3 Å². The van der Waals surface area contributed by atoms with Gasteiger partial charge < -0.3 is 4.90 Å². The number of hydrogen-bond acceptors (Lipinski definition) is 4. The first-order valence-electron chi connectivity index (χ1n) is 8.95. The number of nitrogens with zero attached hydrogens (tertiary/aromatic N) is 3. The van der Waals surface area contributed by atoms with Gasteiger partial charge in [0.25, 0.3) is 5.91 Å². The van der Waals surface area contributed by atoms with Crippen molar-refractivity contribution in [1.82, 2.24) is 14.9 Å². The van der Waals surface area contributed by atoms with Crippen molar-refractivity contribution in [3.8, 4) is 11.1 Å². The minimum absolute atomic E-state index is 0.113. The Kier molecular flexibility index (Phi) is 3.94. The van der Waals surface area contributed by atoms with Crippen molar-refractivity contribution in [2.45, 2.75) is 13.0 Å². The van der Waals surface area contributed by atoms with Gasteiger partial charge in [-0.3, -0.25) is 9.78 Å². The topological polar surface area (TPSA) is 46.1 Å². The summed E-state index contributed by atoms with van der Waals surface area (Å²) < 4.78 is 1.20. The predicted molar refractivity (Wildman–Crippen MR) is 108 cm³/mol. The Morgan fingerprint density at radius 1 is 0.963 bits per heavy atom. The zero-order chi connectivity index (χ0) is 18.2. The van der Waals surface area contributed by atoms with Gasteiger partial charge in [-0.1, -0.05) is 24.3 Å². The molecule has 4 nitrogen and oxygen atoms in total. The molecule has 0 radical (unpaired) electrons. The summed E-state index contributed by atoms with van der Waals surface area (Å²) in [6.07, 6.45) is 4.36. The molecule has 0 spiro atoms. The molecule has 0 fully saturated rings. The molecule has 0 saturated heterocycles. The summed E-state index contributed by atoms with van der Waals surface area (Å²) in [6, 6.07) is 18.1. The zero-order valence-corrected chi connectivity index (χ0v) is 15.4. The van der Waals surface area contributed by atoms with Crippen molar-refractivity contribution in [3.63, 3.8) is 0 Å². The summed E-state index contributed by atoms with van der Waals surface area (Å²) in [5.74, 6) is 0.113. The lowest BCUT2D eigenvalue weighted by Crippen LogP contribution is -2.26. The van der Waals surface area contributed by atoms with Crippen molar-refractivity contribution >= 4 is 27.5 Å². The van der Waals surface area contributed by atoms with Crippen LogP contribution in [-0.2, 0) is 13.0 Å². The SMILES string of the molecule is O=C1c2cccc(-c3ccncc3)c2CN1CCc1nc2ccccc2s1. The van der Waals surface area contributed by atoms with E-state index in [-0.39, 0.29) is 5.91 Å². The highest BCUT2D eigenvalue weighted by Gasteiger charge is 2.29. The smallest absolute Gasteiger partial charge is 0.254 e. The van der Waals surface area contributed by atoms with E-state index >= 15 is 0 Å². The van der Waals surface area contributed by atoms with Crippen molar-refractivity contribution < 1.29 is 4.79 Å². The third-order valence-corrected chi connectivity index (χ3v) is 6.06. The van der Waals surface area contributed by atoms with Crippen LogP contribution in [0.3, 0.4) is 0 Å². The van der Waals surface area contributed by atoms with Crippen molar-refractivity contribution in [2.75, 3.05) is 6.54 Å². The number of pyridine rings is 1. The number of para-hydroxylation sites is 1. The number of amides is 1. The van der Waals surface area contributed by atoms with Gasteiger partial charge in [-0.15, -0.1) is 11.3 Å². The summed E-state index contributed by atoms with van der Waals surface area (Å²) >= 11 is 1.71. The van der Waals surface area contributed by atoms with E-state index in [0.29, 0.717) is 13.1 Å². The van der Waals surface area contributed by atoms with E-state index in [2.05, 4.69) is 22.1 Å². The lowest BCUT2D eigenvalue weighted by Gasteiger charge is -2.14. The van der Waals surface area contributed by atoms with Gasteiger partial charge in [-0.2, -0.15) is 0 Å². The predicted octanol–water partition coefficient (Wildman–Crippen LogP) is 4.56. The number of carbonyl (C=O) groups excluding carboxylic acids is 1. The third kappa shape index (κ3) is 2.90. The van der Waals surface area contributed by atoms with Crippen LogP contribution in [0.1, 0.15) is 20.9 Å². The van der Waals surface area contributed by atoms with Crippen LogP contribution in [0.5, 0.6) is 0 Å². The Balaban J connectivity index is 1.38. The van der Waals surface area contributed by atoms with Crippen LogP contribution in [0.25, 0.3) is 21.3 Å². The molecule has 4 aromatic rings. The molecule has 1 aliphatic rings. The number of hydrogen-bond donors (Lipinski definition) is 0. The summed E-state index contributed by atoms with van der Waals surface area (Å²) in [4.78, 5) is 23.6. The lowest BCUT2D eigenvalue weighted by atomic mass is 9.98. The maximum atomic E-state index is 12.9. The summed E-state index contributed by atoms with van der Waals surface area (Å²) in [7, 11) is 0. The third-order valence-electron chi connectivity index (χ3n) is 4.97. The van der Waals surface area contributed by atoms with Crippen molar-refractivity contribution in [2.24, 2.45) is 0 Å². The van der Waals surface area contributed by atoms with Crippen LogP contribution in [0.15, 0.2) is 67.0 Å². The summed E-state index contributed by atoms with van der Waals surface area (Å²) in [5.41, 5.74) is 5.17. The van der Waals surface area contributed by atoms with E-state index in [4.69, 9.17) is 0 Å². The molecular formula is C22H17N3OS. The molecule has 0 bridgehead atoms. The fourth-order valence-corrected chi connectivity index (χ4v) is 4.59. The highest BCUT2D eigenvalue weighted by Crippen LogP contribution is 2.32. The van der Waals surface area contributed by atoms with E-state index in [1.807, 2.05) is 47.4 Å². The number of fused-ring (bicyclic) bond motifs is 2. The summed E-state index contributed by atoms with van der Waals surface area (Å²) in [5, 5.41) is 1.08. The van der Waals surface area contributed by atoms with Gasteiger partial charge in [0, 0.05) is 37.5 Å². The molecule has 3 heterocycles. The standard InChI is InChI=1S/C22H17N3OS/c26-22-17-5-3-4-16(15-8-11-23-12-9-15)18(17)14-25(22)13-10-21-24-19-6-1-2-7-20(19)27-21/h1-9,11-12H,10,13-14H2. The van der Waals surface area contributed by atoms with Gasteiger partial charge in [0.2, 0.25) is 0 Å². The van der Waals surface area contributed by atoms with Gasteiger partial charge in [0.05, 0.1) is 15.2 Å². The molecule has 1 amide bonds. The van der Waals surface area contributed by atoms with E-state index in [1.165, 1.54) is 4.70 Å². The first kappa shape index (κ1) is 16.1. The number of thiazole rings is 1. The molecule has 0 N–H and O–H groups in total. The van der Waals surface area contributed by atoms with E-state index in [0.717, 1.165) is 39.2 Å². The first-order valence-corrected chi connectivity index (χ1v) is 9.77. The second-order valence-electron chi connectivity index (χ2n) is 6.62. The average Bonchev–Trinajstić information content (AvgIpc) is 3.27. The summed E-state index contributed by atoms with van der Waals surface area (Å²) in [6.45, 7) is 1.33. The van der Waals surface area contributed by atoms with Gasteiger partial charge >= 0.3 is 0 Å². The Bertz CT molecular complexity index is 1100. The van der Waals surface area contributed by atoms with Crippen LogP contribution < -0.4 is 0 Å². The van der Waals surface area contributed by atoms with E-state index in [9.17, 15) is 4.79 Å². The fraction of sp³-hybridized carbons (Fsp3) is 0.136. The molecule has 27 heavy (non-hydrogen) atoms. The molecule has 1 aliphatic heterocycles. The fourth-order valence-electron chi connectivity index (χ4n) is 3.63. The first-order chi connectivity index (χ1) is 13.3. The van der Waals surface area contributed by atoms with E-state index in [1.54, 1.807) is 23.7 Å². The van der Waals surface area contributed by atoms with Crippen LogP contribution in [0.4, 0.5) is 0 Å². The molecule has 2 aromatic carbocycles. The molecule has 5 heteroatoms. The normalized spacial score (nSPS) is 13.3. The second-order valence-corrected chi connectivity index (χ2v) is 7.73. The largest absolute Gasteiger partial charge is 0.334 e. The second kappa shape index (κ2) is 6.59. The quantitative estimate of drug-likeness (QED) is 0.528. The zero-order valence-electron chi connectivity index (χ0n) is 14.6. The molecule has 0 unspecified atom stereocenters. The Hall–Kier alpha value is -3.05. The minimum Gasteiger partial charge on any atom is -0.334 e. The minimum atomic E-state index is 0.113. The molecule has 0 atom stereocenters. The van der Waals surface area contributed by atoms with Crippen LogP contribution in [0, 0.1) is 0 Å². The maximum absolute atomic E-state index is 12.9. The van der Waals surface area contributed by atoms with Crippen LogP contribution >= 0.6 is 11.3 Å². The van der Waals surface area contributed by atoms with Gasteiger partial charge in [-0.05, 0) is 47.0 Å². The van der Waals surface area contributed by atoms with Gasteiger partial charge in [0.15, 0.2) is 0 Å². The number of benzene rings is 2. The number of aromatic nitrogens is 2. The van der Waals surface area contributed by atoms with Crippen molar-refractivity contribution in [1.29, 1.82) is 0 Å². The lowest BCUT2D eigenvalue weighted by molar-refractivity contribution is 0.0780. The highest BCUT2D eigenvalue weighted by molar-refractivity contribution is 7.18. The molecule has 2 aromatic heterocycles. The maximum Gasteiger partial charge on any atom is 0.254 e. The van der Waals surface area contributed by atoms with Crippen molar-refractivity contribution in [3.05, 3.63) is 83.1 Å². The Morgan fingerprint density at radius 2 is 1.78 bits per heavy atom. The van der Waals surface area contributed by atoms with E-state index < -0.39 is 0 Å². The Morgan fingerprint density at radius 3 is 2.63 bits per heavy atom. The monoisotopic (exact) mass is 371 g/mol. The number of rotatable bonds is 4. The molecular weight excluding hydrogens is 354 g/mol. The highest BCUT2D eigenvalue weighted by atomic mass is 32.1. The van der Waals surface area contributed by atoms with Gasteiger partial charge in [0.1, 0.15) is 0 Å². The molecule has 132 valence electrons. The molecule has 5 rings (SSSR count).